The van der Waals surface area contributed by atoms with Gasteiger partial charge in [0.2, 0.25) is 0 Å². The summed E-state index contributed by atoms with van der Waals surface area (Å²) < 4.78 is 0. The molecule has 0 aliphatic heterocycles. The van der Waals surface area contributed by atoms with Crippen LogP contribution in [0.4, 0.5) is 0 Å². The summed E-state index contributed by atoms with van der Waals surface area (Å²) in [6, 6.07) is 8.05. The van der Waals surface area contributed by atoms with Crippen molar-refractivity contribution in [1.82, 2.24) is 0 Å². The first-order valence-corrected chi connectivity index (χ1v) is 6.89. The van der Waals surface area contributed by atoms with Gasteiger partial charge in [-0.1, -0.05) is 36.2 Å². The average Bonchev–Trinajstić information content (AvgIpc) is 2.25. The highest BCUT2D eigenvalue weighted by atomic mass is 35.5. The fraction of sp³-hybridized carbons (Fsp3) is 0.500. The van der Waals surface area contributed by atoms with Crippen LogP contribution in [-0.2, 0) is 5.75 Å². The van der Waals surface area contributed by atoms with E-state index in [1.54, 1.807) is 0 Å². The van der Waals surface area contributed by atoms with Crippen molar-refractivity contribution in [2.24, 2.45) is 5.73 Å². The molecule has 2 N–H and O–H groups in total. The topological polar surface area (TPSA) is 26.0 Å². The van der Waals surface area contributed by atoms with Crippen molar-refractivity contribution in [2.75, 3.05) is 12.3 Å². The summed E-state index contributed by atoms with van der Waals surface area (Å²) in [4.78, 5) is 0. The fourth-order valence-corrected chi connectivity index (χ4v) is 2.63. The standard InChI is InChI=1S/C12H18ClNS/c13-12-7-3-2-6-11(12)10-15-9-5-1-4-8-14/h2-3,6-7H,1,4-5,8-10,14H2. The molecule has 1 aromatic rings. The molecule has 0 radical (unpaired) electrons. The van der Waals surface area contributed by atoms with Crippen LogP contribution in [0, 0.1) is 0 Å². The Balaban J connectivity index is 2.12. The number of halogens is 1. The van der Waals surface area contributed by atoms with Crippen molar-refractivity contribution in [3.05, 3.63) is 34.9 Å². The highest BCUT2D eigenvalue weighted by Gasteiger charge is 1.98. The molecular formula is C12H18ClNS. The lowest BCUT2D eigenvalue weighted by atomic mass is 10.2. The molecule has 0 heterocycles. The van der Waals surface area contributed by atoms with E-state index >= 15 is 0 Å². The second-order valence-corrected chi connectivity index (χ2v) is 5.01. The Kier molecular flexibility index (Phi) is 6.90. The molecule has 0 fully saturated rings. The van der Waals surface area contributed by atoms with Crippen molar-refractivity contribution in [3.8, 4) is 0 Å². The molecular weight excluding hydrogens is 226 g/mol. The first kappa shape index (κ1) is 12.9. The highest BCUT2D eigenvalue weighted by Crippen LogP contribution is 2.21. The summed E-state index contributed by atoms with van der Waals surface area (Å²) >= 11 is 8.00. The van der Waals surface area contributed by atoms with E-state index in [2.05, 4.69) is 6.07 Å². The number of rotatable bonds is 7. The Morgan fingerprint density at radius 3 is 2.67 bits per heavy atom. The van der Waals surface area contributed by atoms with Crippen LogP contribution in [0.15, 0.2) is 24.3 Å². The summed E-state index contributed by atoms with van der Waals surface area (Å²) in [5.74, 6) is 2.22. The Morgan fingerprint density at radius 2 is 1.93 bits per heavy atom. The predicted octanol–water partition coefficient (Wildman–Crippen LogP) is 3.70. The van der Waals surface area contributed by atoms with Crippen LogP contribution in [0.25, 0.3) is 0 Å². The normalized spacial score (nSPS) is 10.5. The average molecular weight is 244 g/mol. The Hall–Kier alpha value is -0.180. The number of thioether (sulfide) groups is 1. The first-order chi connectivity index (χ1) is 7.34. The molecule has 0 spiro atoms. The maximum absolute atomic E-state index is 6.06. The largest absolute Gasteiger partial charge is 0.330 e. The predicted molar refractivity (Wildman–Crippen MR) is 70.5 cm³/mol. The third kappa shape index (κ3) is 5.45. The number of hydrogen-bond acceptors (Lipinski definition) is 2. The summed E-state index contributed by atoms with van der Waals surface area (Å²) in [7, 11) is 0. The lowest BCUT2D eigenvalue weighted by Gasteiger charge is -2.03. The third-order valence-electron chi connectivity index (χ3n) is 2.21. The monoisotopic (exact) mass is 243 g/mol. The van der Waals surface area contributed by atoms with Gasteiger partial charge in [-0.3, -0.25) is 0 Å². The molecule has 84 valence electrons. The van der Waals surface area contributed by atoms with Gasteiger partial charge in [-0.2, -0.15) is 11.8 Å². The maximum atomic E-state index is 6.06. The minimum atomic E-state index is 0.815. The van der Waals surface area contributed by atoms with Gasteiger partial charge in [0, 0.05) is 10.8 Å². The Morgan fingerprint density at radius 1 is 1.13 bits per heavy atom. The van der Waals surface area contributed by atoms with Crippen LogP contribution in [-0.4, -0.2) is 12.3 Å². The van der Waals surface area contributed by atoms with Gasteiger partial charge in [0.05, 0.1) is 0 Å². The smallest absolute Gasteiger partial charge is 0.0446 e. The fourth-order valence-electron chi connectivity index (χ4n) is 1.32. The minimum absolute atomic E-state index is 0.815. The molecule has 15 heavy (non-hydrogen) atoms. The van der Waals surface area contributed by atoms with Gasteiger partial charge in [-0.05, 0) is 36.8 Å². The van der Waals surface area contributed by atoms with Crippen molar-refractivity contribution in [3.63, 3.8) is 0 Å². The van der Waals surface area contributed by atoms with Gasteiger partial charge in [0.1, 0.15) is 0 Å². The summed E-state index contributed by atoms with van der Waals surface area (Å²) in [6.07, 6.45) is 3.64. The highest BCUT2D eigenvalue weighted by molar-refractivity contribution is 7.98. The second-order valence-electron chi connectivity index (χ2n) is 3.49. The van der Waals surface area contributed by atoms with Gasteiger partial charge in [-0.25, -0.2) is 0 Å². The zero-order valence-corrected chi connectivity index (χ0v) is 10.5. The third-order valence-corrected chi connectivity index (χ3v) is 3.67. The second kappa shape index (κ2) is 8.03. The van der Waals surface area contributed by atoms with Crippen LogP contribution < -0.4 is 5.73 Å². The molecule has 3 heteroatoms. The number of unbranched alkanes of at least 4 members (excludes halogenated alkanes) is 2. The molecule has 0 atom stereocenters. The van der Waals surface area contributed by atoms with Crippen molar-refractivity contribution < 1.29 is 0 Å². The zero-order chi connectivity index (χ0) is 10.9. The van der Waals surface area contributed by atoms with Gasteiger partial charge in [0.15, 0.2) is 0 Å². The lowest BCUT2D eigenvalue weighted by Crippen LogP contribution is -1.98. The van der Waals surface area contributed by atoms with Gasteiger partial charge in [-0.15, -0.1) is 0 Å². The van der Waals surface area contributed by atoms with E-state index in [9.17, 15) is 0 Å². The van der Waals surface area contributed by atoms with E-state index in [-0.39, 0.29) is 0 Å². The Bertz CT molecular complexity index is 278. The van der Waals surface area contributed by atoms with Crippen molar-refractivity contribution in [2.45, 2.75) is 25.0 Å². The quantitative estimate of drug-likeness (QED) is 0.739. The molecule has 0 saturated carbocycles. The van der Waals surface area contributed by atoms with E-state index in [1.807, 2.05) is 30.0 Å². The summed E-state index contributed by atoms with van der Waals surface area (Å²) in [6.45, 7) is 0.815. The van der Waals surface area contributed by atoms with E-state index in [0.29, 0.717) is 0 Å². The number of benzene rings is 1. The minimum Gasteiger partial charge on any atom is -0.330 e. The van der Waals surface area contributed by atoms with Gasteiger partial charge < -0.3 is 5.73 Å². The van der Waals surface area contributed by atoms with E-state index in [0.717, 1.165) is 23.7 Å². The van der Waals surface area contributed by atoms with Crippen LogP contribution in [0.2, 0.25) is 5.02 Å². The van der Waals surface area contributed by atoms with Crippen LogP contribution in [0.5, 0.6) is 0 Å². The molecule has 0 aliphatic rings. The maximum Gasteiger partial charge on any atom is 0.0446 e. The summed E-state index contributed by atoms with van der Waals surface area (Å²) in [5.41, 5.74) is 6.67. The number of hydrogen-bond donors (Lipinski definition) is 1. The molecule has 1 aromatic carbocycles. The molecule has 1 nitrogen and oxygen atoms in total. The van der Waals surface area contributed by atoms with Crippen molar-refractivity contribution >= 4 is 23.4 Å². The van der Waals surface area contributed by atoms with Gasteiger partial charge >= 0.3 is 0 Å². The summed E-state index contributed by atoms with van der Waals surface area (Å²) in [5, 5.41) is 0.881. The van der Waals surface area contributed by atoms with Gasteiger partial charge in [0.25, 0.3) is 0 Å². The molecule has 0 unspecified atom stereocenters. The number of nitrogens with two attached hydrogens (primary N) is 1. The lowest BCUT2D eigenvalue weighted by molar-refractivity contribution is 0.732. The van der Waals surface area contributed by atoms with Crippen LogP contribution in [0.3, 0.4) is 0 Å². The van der Waals surface area contributed by atoms with E-state index in [1.165, 1.54) is 24.2 Å². The van der Waals surface area contributed by atoms with Crippen molar-refractivity contribution in [1.29, 1.82) is 0 Å². The van der Waals surface area contributed by atoms with E-state index < -0.39 is 0 Å². The molecule has 0 aliphatic carbocycles. The molecule has 0 bridgehead atoms. The molecule has 0 amide bonds. The molecule has 0 saturated heterocycles. The zero-order valence-electron chi connectivity index (χ0n) is 8.92. The van der Waals surface area contributed by atoms with Crippen LogP contribution >= 0.6 is 23.4 Å². The van der Waals surface area contributed by atoms with E-state index in [4.69, 9.17) is 17.3 Å². The molecule has 0 aromatic heterocycles. The SMILES string of the molecule is NCCCCCSCc1ccccc1Cl. The molecule has 1 rings (SSSR count). The first-order valence-electron chi connectivity index (χ1n) is 5.36. The van der Waals surface area contributed by atoms with Crippen LogP contribution in [0.1, 0.15) is 24.8 Å². The Labute approximate surface area is 101 Å².